The van der Waals surface area contributed by atoms with E-state index in [-0.39, 0.29) is 10.4 Å². The summed E-state index contributed by atoms with van der Waals surface area (Å²) < 4.78 is 22.0. The lowest BCUT2D eigenvalue weighted by Crippen LogP contribution is -2.50. The van der Waals surface area contributed by atoms with Gasteiger partial charge in [0.25, 0.3) is 0 Å². The van der Waals surface area contributed by atoms with Crippen molar-refractivity contribution in [1.82, 2.24) is 0 Å². The van der Waals surface area contributed by atoms with E-state index in [0.29, 0.717) is 0 Å². The SMILES string of the molecule is COP(=O)(OC)C(C)C(=O)[Si](C)(C)C(C)(C)C. The number of carbonyl (C=O) groups excluding carboxylic acids is 1. The number of hydrogen-bond donors (Lipinski definition) is 0. The molecule has 0 spiro atoms. The molecule has 0 aliphatic rings. The van der Waals surface area contributed by atoms with Crippen molar-refractivity contribution in [2.75, 3.05) is 14.2 Å². The molecule has 0 aliphatic heterocycles. The van der Waals surface area contributed by atoms with Crippen LogP contribution in [-0.2, 0) is 18.4 Å². The quantitative estimate of drug-likeness (QED) is 0.571. The molecule has 1 atom stereocenters. The Labute approximate surface area is 106 Å². The summed E-state index contributed by atoms with van der Waals surface area (Å²) in [6.45, 7) is 11.8. The van der Waals surface area contributed by atoms with Gasteiger partial charge in [0.15, 0.2) is 0 Å². The zero-order valence-electron chi connectivity index (χ0n) is 12.2. The van der Waals surface area contributed by atoms with E-state index in [1.165, 1.54) is 14.2 Å². The Bertz CT molecular complexity index is 325. The van der Waals surface area contributed by atoms with Gasteiger partial charge in [0.1, 0.15) is 19.1 Å². The Balaban J connectivity index is 5.28. The molecule has 0 saturated carbocycles. The highest BCUT2D eigenvalue weighted by Crippen LogP contribution is 2.53. The van der Waals surface area contributed by atoms with Gasteiger partial charge in [-0.25, -0.2) is 0 Å². The monoisotopic (exact) mass is 280 g/mol. The molecule has 1 unspecified atom stereocenters. The minimum Gasteiger partial charge on any atom is -0.311 e. The van der Waals surface area contributed by atoms with Crippen molar-refractivity contribution in [3.05, 3.63) is 0 Å². The van der Waals surface area contributed by atoms with Crippen molar-refractivity contribution in [1.29, 1.82) is 0 Å². The van der Waals surface area contributed by atoms with Crippen molar-refractivity contribution in [3.8, 4) is 0 Å². The standard InChI is InChI=1S/C11H25O4PSi/c1-9(16(13,14-5)15-6)10(12)17(7,8)11(2,3)4/h9H,1-8H3. The number of rotatable bonds is 5. The predicted octanol–water partition coefficient (Wildman–Crippen LogP) is 3.48. The normalized spacial score (nSPS) is 15.8. The van der Waals surface area contributed by atoms with Gasteiger partial charge >= 0.3 is 7.60 Å². The van der Waals surface area contributed by atoms with Crippen LogP contribution in [0.15, 0.2) is 0 Å². The molecule has 0 bridgehead atoms. The van der Waals surface area contributed by atoms with Gasteiger partial charge in [0.05, 0.1) is 0 Å². The second kappa shape index (κ2) is 5.35. The molecule has 0 fully saturated rings. The molecular formula is C11H25O4PSi. The van der Waals surface area contributed by atoms with Gasteiger partial charge in [0.2, 0.25) is 0 Å². The second-order valence-corrected chi connectivity index (χ2v) is 13.6. The molecule has 102 valence electrons. The molecule has 0 aliphatic carbocycles. The molecule has 0 aromatic rings. The molecule has 17 heavy (non-hydrogen) atoms. The summed E-state index contributed by atoms with van der Waals surface area (Å²) >= 11 is 0. The minimum atomic E-state index is -3.31. The zero-order valence-corrected chi connectivity index (χ0v) is 14.1. The minimum absolute atomic E-state index is 0.0389. The highest BCUT2D eigenvalue weighted by molar-refractivity contribution is 7.56. The molecule has 0 aromatic heterocycles. The first-order valence-corrected chi connectivity index (χ1v) is 10.3. The maximum Gasteiger partial charge on any atom is 0.339 e. The van der Waals surface area contributed by atoms with Crippen LogP contribution in [0.25, 0.3) is 0 Å². The molecule has 0 amide bonds. The summed E-state index contributed by atoms with van der Waals surface area (Å²) in [5, 5.41) is -0.0398. The Kier molecular flexibility index (Phi) is 5.36. The highest BCUT2D eigenvalue weighted by Gasteiger charge is 2.49. The fourth-order valence-electron chi connectivity index (χ4n) is 1.43. The summed E-state index contributed by atoms with van der Waals surface area (Å²) in [7, 11) is -2.86. The molecule has 0 rings (SSSR count). The average molecular weight is 280 g/mol. The highest BCUT2D eigenvalue weighted by atomic mass is 31.2. The Morgan fingerprint density at radius 2 is 1.53 bits per heavy atom. The van der Waals surface area contributed by atoms with Crippen molar-refractivity contribution >= 4 is 21.1 Å². The third-order valence-corrected chi connectivity index (χ3v) is 11.7. The summed E-state index contributed by atoms with van der Waals surface area (Å²) in [6, 6.07) is 0. The van der Waals surface area contributed by atoms with Crippen molar-refractivity contribution in [2.24, 2.45) is 0 Å². The van der Waals surface area contributed by atoms with E-state index in [2.05, 4.69) is 0 Å². The first-order valence-electron chi connectivity index (χ1n) is 5.69. The van der Waals surface area contributed by atoms with E-state index < -0.39 is 21.3 Å². The maximum absolute atomic E-state index is 12.5. The van der Waals surface area contributed by atoms with Gasteiger partial charge in [-0.15, -0.1) is 0 Å². The molecule has 0 N–H and O–H groups in total. The molecular weight excluding hydrogens is 255 g/mol. The van der Waals surface area contributed by atoms with Gasteiger partial charge in [-0.2, -0.15) is 0 Å². The lowest BCUT2D eigenvalue weighted by atomic mass is 10.2. The van der Waals surface area contributed by atoms with E-state index in [9.17, 15) is 9.36 Å². The molecule has 0 heterocycles. The second-order valence-electron chi connectivity index (χ2n) is 5.82. The Morgan fingerprint density at radius 1 is 1.18 bits per heavy atom. The summed E-state index contributed by atoms with van der Waals surface area (Å²) in [4.78, 5) is 12.5. The van der Waals surface area contributed by atoms with Crippen molar-refractivity contribution < 1.29 is 18.4 Å². The van der Waals surface area contributed by atoms with Gasteiger partial charge < -0.3 is 13.8 Å². The first kappa shape index (κ1) is 17.0. The third-order valence-electron chi connectivity index (χ3n) is 3.85. The van der Waals surface area contributed by atoms with Crippen LogP contribution in [0, 0.1) is 0 Å². The maximum atomic E-state index is 12.5. The summed E-state index contributed by atoms with van der Waals surface area (Å²) in [5.74, 6) is 0. The molecule has 0 radical (unpaired) electrons. The van der Waals surface area contributed by atoms with Gasteiger partial charge in [-0.1, -0.05) is 33.9 Å². The van der Waals surface area contributed by atoms with Crippen LogP contribution in [0.3, 0.4) is 0 Å². The van der Waals surface area contributed by atoms with Crippen molar-refractivity contribution in [3.63, 3.8) is 0 Å². The Morgan fingerprint density at radius 3 is 1.76 bits per heavy atom. The zero-order chi connectivity index (χ0) is 14.1. The number of hydrogen-bond acceptors (Lipinski definition) is 4. The van der Waals surface area contributed by atoms with Crippen LogP contribution in [-0.4, -0.2) is 33.4 Å². The van der Waals surface area contributed by atoms with Crippen LogP contribution >= 0.6 is 7.60 Å². The van der Waals surface area contributed by atoms with Crippen molar-refractivity contribution in [2.45, 2.75) is 51.5 Å². The van der Waals surface area contributed by atoms with E-state index in [1.807, 2.05) is 33.9 Å². The number of carbonyl (C=O) groups is 1. The molecule has 4 nitrogen and oxygen atoms in total. The third kappa shape index (κ3) is 3.28. The van der Waals surface area contributed by atoms with E-state index in [4.69, 9.17) is 9.05 Å². The molecule has 0 aromatic carbocycles. The average Bonchev–Trinajstić information content (AvgIpc) is 2.24. The lowest BCUT2D eigenvalue weighted by molar-refractivity contribution is -0.112. The smallest absolute Gasteiger partial charge is 0.311 e. The van der Waals surface area contributed by atoms with Crippen LogP contribution in [0.2, 0.25) is 18.1 Å². The van der Waals surface area contributed by atoms with Gasteiger partial charge in [-0.05, 0) is 12.0 Å². The van der Waals surface area contributed by atoms with Gasteiger partial charge in [-0.3, -0.25) is 4.57 Å². The van der Waals surface area contributed by atoms with Gasteiger partial charge in [0, 0.05) is 14.2 Å². The van der Waals surface area contributed by atoms with Crippen LogP contribution in [0.4, 0.5) is 0 Å². The Hall–Kier alpha value is 0.0369. The molecule has 0 saturated heterocycles. The fourth-order valence-corrected chi connectivity index (χ4v) is 5.72. The van der Waals surface area contributed by atoms with Crippen LogP contribution in [0.1, 0.15) is 27.7 Å². The van der Waals surface area contributed by atoms with E-state index in [0.717, 1.165) is 0 Å². The summed E-state index contributed by atoms with van der Waals surface area (Å²) in [6.07, 6.45) is 0. The summed E-state index contributed by atoms with van der Waals surface area (Å²) in [5.41, 5.74) is -0.696. The topological polar surface area (TPSA) is 52.6 Å². The predicted molar refractivity (Wildman–Crippen MR) is 73.3 cm³/mol. The van der Waals surface area contributed by atoms with Crippen LogP contribution < -0.4 is 0 Å². The fraction of sp³-hybridized carbons (Fsp3) is 0.909. The van der Waals surface area contributed by atoms with E-state index >= 15 is 0 Å². The lowest BCUT2D eigenvalue weighted by Gasteiger charge is -2.37. The largest absolute Gasteiger partial charge is 0.339 e. The first-order chi connectivity index (χ1) is 7.44. The van der Waals surface area contributed by atoms with Crippen LogP contribution in [0.5, 0.6) is 0 Å². The van der Waals surface area contributed by atoms with E-state index in [1.54, 1.807) is 6.92 Å². The molecule has 6 heteroatoms.